The lowest BCUT2D eigenvalue weighted by Crippen LogP contribution is -2.23. The van der Waals surface area contributed by atoms with Crippen molar-refractivity contribution < 1.29 is 9.59 Å². The minimum atomic E-state index is -0.202. The number of Topliss-reactive ketones (excluding diaryl/α,β-unsaturated/α-hetero) is 1. The Morgan fingerprint density at radius 1 is 1.00 bits per heavy atom. The van der Waals surface area contributed by atoms with Gasteiger partial charge >= 0.3 is 0 Å². The molecule has 0 unspecified atom stereocenters. The van der Waals surface area contributed by atoms with Gasteiger partial charge < -0.3 is 5.32 Å². The highest BCUT2D eigenvalue weighted by Crippen LogP contribution is 2.11. The van der Waals surface area contributed by atoms with E-state index in [2.05, 4.69) is 17.2 Å². The summed E-state index contributed by atoms with van der Waals surface area (Å²) in [6, 6.07) is 12.7. The first-order valence-electron chi connectivity index (χ1n) is 8.52. The van der Waals surface area contributed by atoms with Crippen molar-refractivity contribution in [1.29, 1.82) is 0 Å². The van der Waals surface area contributed by atoms with E-state index in [1.807, 2.05) is 24.3 Å². The highest BCUT2D eigenvalue weighted by Gasteiger charge is 2.07. The molecule has 2 rings (SSSR count). The Labute approximate surface area is 143 Å². The van der Waals surface area contributed by atoms with Gasteiger partial charge in [-0.1, -0.05) is 56.5 Å². The van der Waals surface area contributed by atoms with E-state index in [1.165, 1.54) is 12.8 Å². The molecule has 126 valence electrons. The predicted molar refractivity (Wildman–Crippen MR) is 94.9 cm³/mol. The molecular weight excluding hydrogens is 300 g/mol. The summed E-state index contributed by atoms with van der Waals surface area (Å²) in [5.41, 5.74) is 2.10. The van der Waals surface area contributed by atoms with Crippen LogP contribution in [0.4, 0.5) is 0 Å². The van der Waals surface area contributed by atoms with Gasteiger partial charge in [0, 0.05) is 24.7 Å². The molecule has 24 heavy (non-hydrogen) atoms. The van der Waals surface area contributed by atoms with Gasteiger partial charge in [0.15, 0.2) is 5.78 Å². The van der Waals surface area contributed by atoms with Crippen molar-refractivity contribution in [3.63, 3.8) is 0 Å². The standard InChI is InChI=1S/C20H24N2O2/c1-2-3-4-5-9-19(23)17-12-10-16(11-13-17)15-22-20(24)18-8-6-7-14-21-18/h6-8,10-14H,2-5,9,15H2,1H3,(H,22,24). The van der Waals surface area contributed by atoms with Crippen LogP contribution in [0.5, 0.6) is 0 Å². The Balaban J connectivity index is 1.81. The topological polar surface area (TPSA) is 59.1 Å². The highest BCUT2D eigenvalue weighted by molar-refractivity contribution is 5.96. The van der Waals surface area contributed by atoms with Crippen molar-refractivity contribution in [2.24, 2.45) is 0 Å². The second-order valence-corrected chi connectivity index (χ2v) is 5.83. The molecule has 0 fully saturated rings. The number of pyridine rings is 1. The Kier molecular flexibility index (Phi) is 7.15. The van der Waals surface area contributed by atoms with Crippen LogP contribution in [0, 0.1) is 0 Å². The van der Waals surface area contributed by atoms with E-state index in [0.29, 0.717) is 18.7 Å². The second kappa shape index (κ2) is 9.60. The van der Waals surface area contributed by atoms with Crippen molar-refractivity contribution >= 4 is 11.7 Å². The molecule has 0 aliphatic carbocycles. The van der Waals surface area contributed by atoms with Crippen LogP contribution in [0.15, 0.2) is 48.7 Å². The molecule has 1 heterocycles. The Morgan fingerprint density at radius 2 is 1.79 bits per heavy atom. The first kappa shape index (κ1) is 17.9. The van der Waals surface area contributed by atoms with Crippen molar-refractivity contribution in [2.45, 2.75) is 45.6 Å². The van der Waals surface area contributed by atoms with Crippen LogP contribution in [-0.2, 0) is 6.54 Å². The average molecular weight is 324 g/mol. The Morgan fingerprint density at radius 3 is 2.46 bits per heavy atom. The van der Waals surface area contributed by atoms with Crippen LogP contribution in [0.25, 0.3) is 0 Å². The first-order valence-corrected chi connectivity index (χ1v) is 8.52. The SMILES string of the molecule is CCCCCCC(=O)c1ccc(CNC(=O)c2ccccn2)cc1. The van der Waals surface area contributed by atoms with Crippen LogP contribution in [-0.4, -0.2) is 16.7 Å². The maximum atomic E-state index is 12.1. The molecule has 4 heteroatoms. The van der Waals surface area contributed by atoms with Crippen LogP contribution in [0.1, 0.15) is 65.4 Å². The summed E-state index contributed by atoms with van der Waals surface area (Å²) in [4.78, 5) is 28.0. The van der Waals surface area contributed by atoms with E-state index in [9.17, 15) is 9.59 Å². The predicted octanol–water partition coefficient (Wildman–Crippen LogP) is 4.16. The van der Waals surface area contributed by atoms with Gasteiger partial charge in [0.05, 0.1) is 0 Å². The molecule has 0 spiro atoms. The minimum absolute atomic E-state index is 0.190. The summed E-state index contributed by atoms with van der Waals surface area (Å²) in [5, 5.41) is 2.83. The third-order valence-electron chi connectivity index (χ3n) is 3.88. The summed E-state index contributed by atoms with van der Waals surface area (Å²) < 4.78 is 0. The first-order chi connectivity index (χ1) is 11.7. The van der Waals surface area contributed by atoms with Gasteiger partial charge in [-0.2, -0.15) is 0 Å². The number of carbonyl (C=O) groups is 2. The number of unbranched alkanes of at least 4 members (excludes halogenated alkanes) is 3. The van der Waals surface area contributed by atoms with Gasteiger partial charge in [-0.15, -0.1) is 0 Å². The normalized spacial score (nSPS) is 10.4. The minimum Gasteiger partial charge on any atom is -0.347 e. The number of aromatic nitrogens is 1. The van der Waals surface area contributed by atoms with Gasteiger partial charge in [-0.25, -0.2) is 0 Å². The van der Waals surface area contributed by atoms with Crippen molar-refractivity contribution in [2.75, 3.05) is 0 Å². The average Bonchev–Trinajstić information content (AvgIpc) is 2.64. The summed E-state index contributed by atoms with van der Waals surface area (Å²) in [5.74, 6) is -0.0122. The number of hydrogen-bond acceptors (Lipinski definition) is 3. The maximum absolute atomic E-state index is 12.1. The maximum Gasteiger partial charge on any atom is 0.270 e. The molecule has 0 aliphatic heterocycles. The quantitative estimate of drug-likeness (QED) is 0.556. The van der Waals surface area contributed by atoms with Crippen LogP contribution >= 0.6 is 0 Å². The lowest BCUT2D eigenvalue weighted by molar-refractivity contribution is 0.0943. The lowest BCUT2D eigenvalue weighted by Gasteiger charge is -2.06. The molecule has 1 aromatic carbocycles. The van der Waals surface area contributed by atoms with Gasteiger partial charge in [0.1, 0.15) is 5.69 Å². The fourth-order valence-electron chi connectivity index (χ4n) is 2.44. The fourth-order valence-corrected chi connectivity index (χ4v) is 2.44. The molecule has 1 amide bonds. The monoisotopic (exact) mass is 324 g/mol. The number of benzene rings is 1. The molecule has 1 N–H and O–H groups in total. The van der Waals surface area contributed by atoms with Crippen molar-refractivity contribution in [3.05, 3.63) is 65.5 Å². The number of ketones is 1. The molecule has 0 aliphatic rings. The van der Waals surface area contributed by atoms with Crippen molar-refractivity contribution in [3.8, 4) is 0 Å². The third kappa shape index (κ3) is 5.61. The zero-order valence-corrected chi connectivity index (χ0v) is 14.1. The van der Waals surface area contributed by atoms with Gasteiger partial charge in [-0.05, 0) is 24.1 Å². The number of nitrogens with zero attached hydrogens (tertiary/aromatic N) is 1. The number of amides is 1. The molecule has 2 aromatic rings. The smallest absolute Gasteiger partial charge is 0.270 e. The lowest BCUT2D eigenvalue weighted by atomic mass is 10.0. The largest absolute Gasteiger partial charge is 0.347 e. The van der Waals surface area contributed by atoms with E-state index in [0.717, 1.165) is 24.0 Å². The zero-order valence-electron chi connectivity index (χ0n) is 14.1. The van der Waals surface area contributed by atoms with Crippen LogP contribution in [0.3, 0.4) is 0 Å². The summed E-state index contributed by atoms with van der Waals surface area (Å²) >= 11 is 0. The van der Waals surface area contributed by atoms with Gasteiger partial charge in [0.25, 0.3) is 5.91 Å². The number of nitrogens with one attached hydrogen (secondary N) is 1. The molecule has 0 saturated carbocycles. The van der Waals surface area contributed by atoms with E-state index in [1.54, 1.807) is 24.4 Å². The van der Waals surface area contributed by atoms with E-state index in [4.69, 9.17) is 0 Å². The highest BCUT2D eigenvalue weighted by atomic mass is 16.1. The fraction of sp³-hybridized carbons (Fsp3) is 0.350. The zero-order chi connectivity index (χ0) is 17.2. The molecule has 1 aromatic heterocycles. The number of rotatable bonds is 9. The van der Waals surface area contributed by atoms with E-state index >= 15 is 0 Å². The van der Waals surface area contributed by atoms with E-state index in [-0.39, 0.29) is 11.7 Å². The summed E-state index contributed by atoms with van der Waals surface area (Å²) in [6.45, 7) is 2.58. The number of hydrogen-bond donors (Lipinski definition) is 1. The van der Waals surface area contributed by atoms with Crippen molar-refractivity contribution in [1.82, 2.24) is 10.3 Å². The molecule has 4 nitrogen and oxygen atoms in total. The molecular formula is C20H24N2O2. The molecule has 0 atom stereocenters. The van der Waals surface area contributed by atoms with Gasteiger partial charge in [-0.3, -0.25) is 14.6 Å². The van der Waals surface area contributed by atoms with Gasteiger partial charge in [0.2, 0.25) is 0 Å². The summed E-state index contributed by atoms with van der Waals surface area (Å²) in [7, 11) is 0. The van der Waals surface area contributed by atoms with E-state index < -0.39 is 0 Å². The number of carbonyl (C=O) groups excluding carboxylic acids is 2. The second-order valence-electron chi connectivity index (χ2n) is 5.83. The molecule has 0 saturated heterocycles. The third-order valence-corrected chi connectivity index (χ3v) is 3.88. The summed E-state index contributed by atoms with van der Waals surface area (Å²) in [6.07, 6.45) is 6.62. The molecule has 0 bridgehead atoms. The van der Waals surface area contributed by atoms with Crippen LogP contribution in [0.2, 0.25) is 0 Å². The molecule has 0 radical (unpaired) electrons. The van der Waals surface area contributed by atoms with Crippen LogP contribution < -0.4 is 5.32 Å². The Bertz CT molecular complexity index is 651. The Hall–Kier alpha value is -2.49.